The zero-order valence-electron chi connectivity index (χ0n) is 12.2. The Morgan fingerprint density at radius 3 is 2.74 bits per heavy atom. The van der Waals surface area contributed by atoms with E-state index in [1.165, 1.54) is 18.4 Å². The first-order valence-electron chi connectivity index (χ1n) is 7.07. The Hall–Kier alpha value is -0.570. The molecule has 2 rings (SSSR count). The van der Waals surface area contributed by atoms with Crippen LogP contribution in [0, 0.1) is 11.3 Å². The van der Waals surface area contributed by atoms with Gasteiger partial charge in [0, 0.05) is 24.2 Å². The van der Waals surface area contributed by atoms with Crippen molar-refractivity contribution in [2.24, 2.45) is 17.1 Å². The highest BCUT2D eigenvalue weighted by Crippen LogP contribution is 2.40. The summed E-state index contributed by atoms with van der Waals surface area (Å²) in [7, 11) is 2.17. The average molecular weight is 281 g/mol. The fourth-order valence-electron chi connectivity index (χ4n) is 3.16. The second-order valence-corrected chi connectivity index (χ2v) is 7.08. The SMILES string of the molecule is CN(Cc1cccc(Cl)c1)CC1CCC(C)(C)C1N. The summed E-state index contributed by atoms with van der Waals surface area (Å²) in [5, 5.41) is 0.810. The van der Waals surface area contributed by atoms with Crippen LogP contribution in [-0.2, 0) is 6.54 Å². The number of hydrogen-bond donors (Lipinski definition) is 1. The third-order valence-electron chi connectivity index (χ3n) is 4.46. The van der Waals surface area contributed by atoms with E-state index in [0.717, 1.165) is 18.1 Å². The van der Waals surface area contributed by atoms with E-state index in [1.807, 2.05) is 18.2 Å². The quantitative estimate of drug-likeness (QED) is 0.914. The lowest BCUT2D eigenvalue weighted by molar-refractivity contribution is 0.229. The van der Waals surface area contributed by atoms with E-state index in [2.05, 4.69) is 31.9 Å². The molecule has 0 aromatic heterocycles. The zero-order valence-corrected chi connectivity index (χ0v) is 13.0. The fraction of sp³-hybridized carbons (Fsp3) is 0.625. The number of rotatable bonds is 4. The van der Waals surface area contributed by atoms with Gasteiger partial charge in [-0.05, 0) is 48.9 Å². The molecule has 1 aliphatic rings. The second-order valence-electron chi connectivity index (χ2n) is 6.64. The number of halogens is 1. The van der Waals surface area contributed by atoms with E-state index in [1.54, 1.807) is 0 Å². The minimum Gasteiger partial charge on any atom is -0.327 e. The smallest absolute Gasteiger partial charge is 0.0409 e. The first-order chi connectivity index (χ1) is 8.88. The maximum absolute atomic E-state index is 6.37. The monoisotopic (exact) mass is 280 g/mol. The maximum atomic E-state index is 6.37. The van der Waals surface area contributed by atoms with Gasteiger partial charge in [0.2, 0.25) is 0 Å². The Labute approximate surface area is 121 Å². The predicted molar refractivity (Wildman–Crippen MR) is 82.3 cm³/mol. The third kappa shape index (κ3) is 3.71. The van der Waals surface area contributed by atoms with Gasteiger partial charge >= 0.3 is 0 Å². The third-order valence-corrected chi connectivity index (χ3v) is 4.69. The van der Waals surface area contributed by atoms with Crippen molar-refractivity contribution in [1.82, 2.24) is 4.90 Å². The Kier molecular flexibility index (Phi) is 4.54. The van der Waals surface area contributed by atoms with Crippen LogP contribution in [0.3, 0.4) is 0 Å². The van der Waals surface area contributed by atoms with E-state index in [0.29, 0.717) is 17.4 Å². The molecule has 0 amide bonds. The molecule has 1 aromatic carbocycles. The van der Waals surface area contributed by atoms with Gasteiger partial charge in [0.05, 0.1) is 0 Å². The molecule has 0 saturated heterocycles. The molecule has 2 N–H and O–H groups in total. The predicted octanol–water partition coefficient (Wildman–Crippen LogP) is 3.54. The molecule has 1 fully saturated rings. The highest BCUT2D eigenvalue weighted by atomic mass is 35.5. The molecule has 2 unspecified atom stereocenters. The van der Waals surface area contributed by atoms with Crippen LogP contribution in [0.4, 0.5) is 0 Å². The lowest BCUT2D eigenvalue weighted by Crippen LogP contribution is -2.41. The van der Waals surface area contributed by atoms with E-state index in [4.69, 9.17) is 17.3 Å². The number of hydrogen-bond acceptors (Lipinski definition) is 2. The van der Waals surface area contributed by atoms with E-state index < -0.39 is 0 Å². The van der Waals surface area contributed by atoms with Gasteiger partial charge in [-0.25, -0.2) is 0 Å². The highest BCUT2D eigenvalue weighted by molar-refractivity contribution is 6.30. The summed E-state index contributed by atoms with van der Waals surface area (Å²) in [5.41, 5.74) is 7.93. The largest absolute Gasteiger partial charge is 0.327 e. The summed E-state index contributed by atoms with van der Waals surface area (Å²) in [6.07, 6.45) is 2.48. The molecule has 1 aromatic rings. The van der Waals surface area contributed by atoms with Crippen molar-refractivity contribution in [1.29, 1.82) is 0 Å². The molecule has 1 saturated carbocycles. The van der Waals surface area contributed by atoms with E-state index in [9.17, 15) is 0 Å². The standard InChI is InChI=1S/C16H25ClN2/c1-16(2)8-7-13(15(16)18)11-19(3)10-12-5-4-6-14(17)9-12/h4-6,9,13,15H,7-8,10-11,18H2,1-3H3. The van der Waals surface area contributed by atoms with Crippen molar-refractivity contribution in [3.8, 4) is 0 Å². The Bertz CT molecular complexity index is 431. The topological polar surface area (TPSA) is 29.3 Å². The van der Waals surface area contributed by atoms with Crippen molar-refractivity contribution in [3.05, 3.63) is 34.9 Å². The van der Waals surface area contributed by atoms with E-state index in [-0.39, 0.29) is 0 Å². The van der Waals surface area contributed by atoms with Gasteiger partial charge in [0.15, 0.2) is 0 Å². The van der Waals surface area contributed by atoms with Crippen molar-refractivity contribution in [3.63, 3.8) is 0 Å². The molecular weight excluding hydrogens is 256 g/mol. The lowest BCUT2D eigenvalue weighted by Gasteiger charge is -2.29. The van der Waals surface area contributed by atoms with Crippen LogP contribution >= 0.6 is 11.6 Å². The molecule has 0 radical (unpaired) electrons. The van der Waals surface area contributed by atoms with Crippen molar-refractivity contribution in [2.45, 2.75) is 39.3 Å². The summed E-state index contributed by atoms with van der Waals surface area (Å²) in [6, 6.07) is 8.41. The summed E-state index contributed by atoms with van der Waals surface area (Å²) in [4.78, 5) is 2.36. The summed E-state index contributed by atoms with van der Waals surface area (Å²) in [6.45, 7) is 6.57. The fourth-order valence-corrected chi connectivity index (χ4v) is 3.37. The first kappa shape index (κ1) is 14.8. The number of benzene rings is 1. The summed E-state index contributed by atoms with van der Waals surface area (Å²) < 4.78 is 0. The molecule has 0 aliphatic heterocycles. The second kappa shape index (κ2) is 5.82. The van der Waals surface area contributed by atoms with Crippen LogP contribution in [0.25, 0.3) is 0 Å². The minimum absolute atomic E-state index is 0.293. The minimum atomic E-state index is 0.293. The Morgan fingerprint density at radius 1 is 1.42 bits per heavy atom. The molecule has 106 valence electrons. The van der Waals surface area contributed by atoms with Crippen LogP contribution in [0.15, 0.2) is 24.3 Å². The number of nitrogens with two attached hydrogens (primary N) is 1. The van der Waals surface area contributed by atoms with Crippen LogP contribution in [0.5, 0.6) is 0 Å². The van der Waals surface area contributed by atoms with E-state index >= 15 is 0 Å². The number of nitrogens with zero attached hydrogens (tertiary/aromatic N) is 1. The Balaban J connectivity index is 1.90. The lowest BCUT2D eigenvalue weighted by atomic mass is 9.85. The van der Waals surface area contributed by atoms with Gasteiger partial charge in [0.25, 0.3) is 0 Å². The van der Waals surface area contributed by atoms with Gasteiger partial charge < -0.3 is 10.6 Å². The van der Waals surface area contributed by atoms with Crippen LogP contribution in [0.2, 0.25) is 5.02 Å². The van der Waals surface area contributed by atoms with Crippen molar-refractivity contribution >= 4 is 11.6 Å². The Morgan fingerprint density at radius 2 is 2.16 bits per heavy atom. The van der Waals surface area contributed by atoms with Crippen LogP contribution in [-0.4, -0.2) is 24.5 Å². The highest BCUT2D eigenvalue weighted by Gasteiger charge is 2.39. The summed E-state index contributed by atoms with van der Waals surface area (Å²) in [5.74, 6) is 0.610. The zero-order chi connectivity index (χ0) is 14.0. The van der Waals surface area contributed by atoms with Gasteiger partial charge in [-0.3, -0.25) is 0 Å². The molecule has 0 spiro atoms. The summed E-state index contributed by atoms with van der Waals surface area (Å²) >= 11 is 6.02. The molecule has 19 heavy (non-hydrogen) atoms. The molecule has 3 heteroatoms. The van der Waals surface area contributed by atoms with Gasteiger partial charge in [-0.2, -0.15) is 0 Å². The van der Waals surface area contributed by atoms with Gasteiger partial charge in [-0.15, -0.1) is 0 Å². The first-order valence-corrected chi connectivity index (χ1v) is 7.45. The van der Waals surface area contributed by atoms with Gasteiger partial charge in [0.1, 0.15) is 0 Å². The van der Waals surface area contributed by atoms with Crippen LogP contribution < -0.4 is 5.73 Å². The molecule has 0 bridgehead atoms. The molecule has 0 heterocycles. The molecule has 2 atom stereocenters. The van der Waals surface area contributed by atoms with Gasteiger partial charge in [-0.1, -0.05) is 37.6 Å². The van der Waals surface area contributed by atoms with Crippen LogP contribution in [0.1, 0.15) is 32.3 Å². The molecule has 2 nitrogen and oxygen atoms in total. The normalized spacial score (nSPS) is 26.0. The van der Waals surface area contributed by atoms with Crippen molar-refractivity contribution < 1.29 is 0 Å². The molecular formula is C16H25ClN2. The van der Waals surface area contributed by atoms with Crippen molar-refractivity contribution in [2.75, 3.05) is 13.6 Å². The maximum Gasteiger partial charge on any atom is 0.0409 e. The average Bonchev–Trinajstić information content (AvgIpc) is 2.56. The molecule has 1 aliphatic carbocycles.